The van der Waals surface area contributed by atoms with Gasteiger partial charge in [-0.3, -0.25) is 0 Å². The molecule has 0 radical (unpaired) electrons. The van der Waals surface area contributed by atoms with Gasteiger partial charge in [0.05, 0.1) is 10.8 Å². The maximum atomic E-state index is 12.1. The van der Waals surface area contributed by atoms with Gasteiger partial charge in [0.25, 0.3) is 0 Å². The number of benzene rings is 2. The van der Waals surface area contributed by atoms with Gasteiger partial charge in [-0.05, 0) is 12.1 Å². The summed E-state index contributed by atoms with van der Waals surface area (Å²) in [5.41, 5.74) is 0.682. The predicted molar refractivity (Wildman–Crippen MR) is 65.1 cm³/mol. The van der Waals surface area contributed by atoms with Crippen molar-refractivity contribution in [1.82, 2.24) is 0 Å². The zero-order chi connectivity index (χ0) is 11.8. The number of fused-ring (bicyclic) bond motifs is 3. The van der Waals surface area contributed by atoms with Crippen LogP contribution in [0.3, 0.4) is 0 Å². The lowest BCUT2D eigenvalue weighted by molar-refractivity contribution is -0.578. The van der Waals surface area contributed by atoms with E-state index in [1.54, 1.807) is 18.2 Å². The van der Waals surface area contributed by atoms with E-state index in [9.17, 15) is 5.21 Å². The first-order valence-corrected chi connectivity index (χ1v) is 5.26. The third kappa shape index (κ3) is 1.25. The van der Waals surface area contributed by atoms with Crippen molar-refractivity contribution in [2.24, 2.45) is 0 Å². The van der Waals surface area contributed by atoms with Crippen LogP contribution in [0.25, 0.3) is 21.7 Å². The van der Waals surface area contributed by atoms with Gasteiger partial charge in [-0.25, -0.2) is 0 Å². The second-order valence-electron chi connectivity index (χ2n) is 3.82. The van der Waals surface area contributed by atoms with Gasteiger partial charge in [0.1, 0.15) is 0 Å². The second-order valence-corrected chi connectivity index (χ2v) is 3.82. The molecule has 0 fully saturated rings. The number of nitriles is 1. The van der Waals surface area contributed by atoms with Crippen molar-refractivity contribution in [2.45, 2.75) is 0 Å². The Hall–Kier alpha value is -2.60. The average Bonchev–Trinajstić information content (AvgIpc) is 2.40. The highest BCUT2D eigenvalue weighted by atomic mass is 16.5. The third-order valence-electron chi connectivity index (χ3n) is 2.90. The molecule has 0 N–H and O–H groups in total. The number of hydrogen-bond donors (Lipinski definition) is 0. The van der Waals surface area contributed by atoms with Crippen LogP contribution in [0.2, 0.25) is 0 Å². The Morgan fingerprint density at radius 3 is 2.18 bits per heavy atom. The molecule has 0 aliphatic carbocycles. The van der Waals surface area contributed by atoms with E-state index in [1.165, 1.54) is 0 Å². The minimum atomic E-state index is 0.152. The van der Waals surface area contributed by atoms with Crippen LogP contribution in [-0.4, -0.2) is 0 Å². The molecule has 3 aromatic rings. The Balaban J connectivity index is 2.70. The number of para-hydroxylation sites is 1. The van der Waals surface area contributed by atoms with E-state index in [-0.39, 0.29) is 5.69 Å². The molecule has 0 saturated carbocycles. The smallest absolute Gasteiger partial charge is 0.303 e. The third-order valence-corrected chi connectivity index (χ3v) is 2.90. The Labute approximate surface area is 97.7 Å². The molecule has 0 unspecified atom stereocenters. The van der Waals surface area contributed by atoms with Crippen molar-refractivity contribution in [3.05, 3.63) is 59.4 Å². The highest BCUT2D eigenvalue weighted by Gasteiger charge is 2.16. The topological polar surface area (TPSA) is 50.7 Å². The zero-order valence-corrected chi connectivity index (χ0v) is 8.92. The van der Waals surface area contributed by atoms with E-state index in [4.69, 9.17) is 5.26 Å². The maximum Gasteiger partial charge on any atom is 0.303 e. The lowest BCUT2D eigenvalue weighted by atomic mass is 10.0. The summed E-state index contributed by atoms with van der Waals surface area (Å²) in [6.07, 6.45) is 0. The summed E-state index contributed by atoms with van der Waals surface area (Å²) in [5.74, 6) is 0. The molecular formula is C14H8N2O. The quantitative estimate of drug-likeness (QED) is 0.332. The average molecular weight is 220 g/mol. The number of rotatable bonds is 0. The summed E-state index contributed by atoms with van der Waals surface area (Å²) in [4.78, 5) is 0. The van der Waals surface area contributed by atoms with Gasteiger partial charge < -0.3 is 5.21 Å². The first kappa shape index (κ1) is 9.61. The number of nitrogens with zero attached hydrogens (tertiary/aromatic N) is 2. The first-order chi connectivity index (χ1) is 8.33. The summed E-state index contributed by atoms with van der Waals surface area (Å²) in [6, 6.07) is 16.8. The highest BCUT2D eigenvalue weighted by molar-refractivity contribution is 6.05. The van der Waals surface area contributed by atoms with Crippen LogP contribution in [0.15, 0.2) is 48.5 Å². The Kier molecular flexibility index (Phi) is 1.96. The standard InChI is InChI=1S/C14H8N2O/c15-9-14-12-7-2-1-5-10(12)11-6-3-4-8-13(11)16(14)17/h1-8H. The first-order valence-electron chi connectivity index (χ1n) is 5.26. The molecule has 3 rings (SSSR count). The normalized spacial score (nSPS) is 10.5. The van der Waals surface area contributed by atoms with Crippen molar-refractivity contribution >= 4 is 21.7 Å². The molecule has 0 spiro atoms. The molecule has 0 atom stereocenters. The summed E-state index contributed by atoms with van der Waals surface area (Å²) in [6.45, 7) is 0. The van der Waals surface area contributed by atoms with E-state index >= 15 is 0 Å². The van der Waals surface area contributed by atoms with Crippen LogP contribution in [-0.2, 0) is 0 Å². The predicted octanol–water partition coefficient (Wildman–Crippen LogP) is 2.50. The minimum absolute atomic E-state index is 0.152. The van der Waals surface area contributed by atoms with Gasteiger partial charge in [0, 0.05) is 11.5 Å². The molecule has 3 nitrogen and oxygen atoms in total. The monoisotopic (exact) mass is 220 g/mol. The molecule has 3 heteroatoms. The van der Waals surface area contributed by atoms with Gasteiger partial charge in [-0.15, -0.1) is 0 Å². The fourth-order valence-electron chi connectivity index (χ4n) is 2.14. The van der Waals surface area contributed by atoms with E-state index in [1.807, 2.05) is 36.4 Å². The fourth-order valence-corrected chi connectivity index (χ4v) is 2.14. The van der Waals surface area contributed by atoms with Crippen molar-refractivity contribution in [3.8, 4) is 6.07 Å². The molecule has 1 aromatic heterocycles. The van der Waals surface area contributed by atoms with E-state index in [0.29, 0.717) is 15.6 Å². The van der Waals surface area contributed by atoms with Crippen LogP contribution < -0.4 is 4.73 Å². The molecule has 17 heavy (non-hydrogen) atoms. The largest absolute Gasteiger partial charge is 0.617 e. The van der Waals surface area contributed by atoms with E-state index in [0.717, 1.165) is 10.8 Å². The molecule has 80 valence electrons. The SMILES string of the molecule is N#Cc1c2ccccc2c2ccccc2[n+]1[O-]. The number of aromatic nitrogens is 1. The molecule has 0 aliphatic rings. The van der Waals surface area contributed by atoms with E-state index in [2.05, 4.69) is 0 Å². The maximum absolute atomic E-state index is 12.1. The molecule has 1 heterocycles. The van der Waals surface area contributed by atoms with Crippen LogP contribution >= 0.6 is 0 Å². The molecule has 0 saturated heterocycles. The van der Waals surface area contributed by atoms with Crippen LogP contribution in [0.1, 0.15) is 5.69 Å². The Morgan fingerprint density at radius 1 is 0.882 bits per heavy atom. The Morgan fingerprint density at radius 2 is 1.47 bits per heavy atom. The summed E-state index contributed by atoms with van der Waals surface area (Å²) >= 11 is 0. The van der Waals surface area contributed by atoms with E-state index < -0.39 is 0 Å². The van der Waals surface area contributed by atoms with Gasteiger partial charge in [-0.2, -0.15) is 9.99 Å². The molecule has 0 amide bonds. The van der Waals surface area contributed by atoms with Crippen LogP contribution in [0.4, 0.5) is 0 Å². The number of pyridine rings is 1. The van der Waals surface area contributed by atoms with Gasteiger partial charge >= 0.3 is 5.69 Å². The van der Waals surface area contributed by atoms with Crippen molar-refractivity contribution < 1.29 is 4.73 Å². The summed E-state index contributed by atoms with van der Waals surface area (Å²) < 4.78 is 0.706. The van der Waals surface area contributed by atoms with Crippen LogP contribution in [0, 0.1) is 16.5 Å². The molecule has 0 aliphatic heterocycles. The number of hydrogen-bond acceptors (Lipinski definition) is 2. The van der Waals surface area contributed by atoms with Crippen molar-refractivity contribution in [1.29, 1.82) is 5.26 Å². The molecule has 2 aromatic carbocycles. The van der Waals surface area contributed by atoms with Gasteiger partial charge in [-0.1, -0.05) is 30.3 Å². The van der Waals surface area contributed by atoms with Crippen molar-refractivity contribution in [2.75, 3.05) is 0 Å². The van der Waals surface area contributed by atoms with Crippen molar-refractivity contribution in [3.63, 3.8) is 0 Å². The fraction of sp³-hybridized carbons (Fsp3) is 0. The second kappa shape index (κ2) is 3.46. The van der Waals surface area contributed by atoms with Crippen LogP contribution in [0.5, 0.6) is 0 Å². The highest BCUT2D eigenvalue weighted by Crippen LogP contribution is 2.24. The van der Waals surface area contributed by atoms with Gasteiger partial charge in [0.2, 0.25) is 5.52 Å². The Bertz CT molecular complexity index is 772. The zero-order valence-electron chi connectivity index (χ0n) is 8.92. The minimum Gasteiger partial charge on any atom is -0.617 e. The summed E-state index contributed by atoms with van der Waals surface area (Å²) in [5, 5.41) is 23.7. The molecular weight excluding hydrogens is 212 g/mol. The lowest BCUT2D eigenvalue weighted by Gasteiger charge is -2.07. The molecule has 0 bridgehead atoms. The lowest BCUT2D eigenvalue weighted by Crippen LogP contribution is -2.31. The van der Waals surface area contributed by atoms with Gasteiger partial charge in [0.15, 0.2) is 6.07 Å². The summed E-state index contributed by atoms with van der Waals surface area (Å²) in [7, 11) is 0.